The number of aryl methyl sites for hydroxylation is 2. The molecular formula is C21H33N3O3S. The molecule has 3 rings (SSSR count). The molecule has 28 heavy (non-hydrogen) atoms. The molecule has 1 aromatic rings. The van der Waals surface area contributed by atoms with Gasteiger partial charge < -0.3 is 5.32 Å². The van der Waals surface area contributed by atoms with Crippen LogP contribution in [0.5, 0.6) is 0 Å². The molecule has 1 heterocycles. The van der Waals surface area contributed by atoms with Gasteiger partial charge in [0.25, 0.3) is 0 Å². The van der Waals surface area contributed by atoms with Crippen LogP contribution in [-0.4, -0.2) is 62.8 Å². The van der Waals surface area contributed by atoms with Crippen molar-refractivity contribution in [3.63, 3.8) is 0 Å². The van der Waals surface area contributed by atoms with Crippen molar-refractivity contribution in [2.24, 2.45) is 0 Å². The van der Waals surface area contributed by atoms with Gasteiger partial charge in [0.05, 0.1) is 11.4 Å². The third-order valence-corrected chi connectivity index (χ3v) is 7.65. The van der Waals surface area contributed by atoms with E-state index >= 15 is 0 Å². The molecule has 0 saturated carbocycles. The predicted octanol–water partition coefficient (Wildman–Crippen LogP) is 2.18. The minimum atomic E-state index is -3.46. The number of rotatable bonds is 8. The van der Waals surface area contributed by atoms with Crippen LogP contribution < -0.4 is 5.32 Å². The maximum Gasteiger partial charge on any atom is 0.243 e. The molecule has 0 aromatic heterocycles. The van der Waals surface area contributed by atoms with E-state index in [0.717, 1.165) is 45.1 Å². The molecule has 1 N–H and O–H groups in total. The SMILES string of the molecule is CCCCCNC(=O)CN1CCN(S(=O)(=O)c2ccc3c(c2)CCCC3)CC1. The summed E-state index contributed by atoms with van der Waals surface area (Å²) in [5, 5.41) is 2.95. The molecule has 1 aliphatic carbocycles. The zero-order chi connectivity index (χ0) is 20.0. The number of piperazine rings is 1. The van der Waals surface area contributed by atoms with Crippen molar-refractivity contribution in [1.29, 1.82) is 0 Å². The van der Waals surface area contributed by atoms with Crippen molar-refractivity contribution in [3.05, 3.63) is 29.3 Å². The van der Waals surface area contributed by atoms with Gasteiger partial charge in [-0.25, -0.2) is 8.42 Å². The van der Waals surface area contributed by atoms with Gasteiger partial charge in [-0.05, 0) is 55.4 Å². The van der Waals surface area contributed by atoms with Crippen molar-refractivity contribution < 1.29 is 13.2 Å². The molecule has 6 nitrogen and oxygen atoms in total. The average molecular weight is 408 g/mol. The van der Waals surface area contributed by atoms with Crippen molar-refractivity contribution in [2.75, 3.05) is 39.3 Å². The van der Waals surface area contributed by atoms with Crippen LogP contribution in [0.15, 0.2) is 23.1 Å². The summed E-state index contributed by atoms with van der Waals surface area (Å²) in [6, 6.07) is 5.62. The molecule has 156 valence electrons. The van der Waals surface area contributed by atoms with Gasteiger partial charge >= 0.3 is 0 Å². The lowest BCUT2D eigenvalue weighted by Crippen LogP contribution is -2.51. The van der Waals surface area contributed by atoms with E-state index in [1.54, 1.807) is 10.4 Å². The first-order chi connectivity index (χ1) is 13.5. The summed E-state index contributed by atoms with van der Waals surface area (Å²) >= 11 is 0. The van der Waals surface area contributed by atoms with Gasteiger partial charge in [0.15, 0.2) is 0 Å². The number of benzene rings is 1. The Labute approximate surface area is 169 Å². The average Bonchev–Trinajstić information content (AvgIpc) is 2.71. The van der Waals surface area contributed by atoms with E-state index in [0.29, 0.717) is 37.6 Å². The highest BCUT2D eigenvalue weighted by atomic mass is 32.2. The zero-order valence-corrected chi connectivity index (χ0v) is 17.8. The first kappa shape index (κ1) is 21.3. The van der Waals surface area contributed by atoms with Crippen LogP contribution in [0.4, 0.5) is 0 Å². The Balaban J connectivity index is 1.52. The van der Waals surface area contributed by atoms with Crippen molar-refractivity contribution in [1.82, 2.24) is 14.5 Å². The second-order valence-electron chi connectivity index (χ2n) is 7.87. The van der Waals surface area contributed by atoms with E-state index in [4.69, 9.17) is 0 Å². The maximum atomic E-state index is 13.0. The molecule has 1 saturated heterocycles. The van der Waals surface area contributed by atoms with Crippen molar-refractivity contribution in [3.8, 4) is 0 Å². The summed E-state index contributed by atoms with van der Waals surface area (Å²) in [5.74, 6) is 0.0297. The smallest absolute Gasteiger partial charge is 0.243 e. The normalized spacial score (nSPS) is 18.6. The highest BCUT2D eigenvalue weighted by molar-refractivity contribution is 7.89. The van der Waals surface area contributed by atoms with Crippen LogP contribution in [0.1, 0.15) is 50.2 Å². The van der Waals surface area contributed by atoms with E-state index in [1.165, 1.54) is 17.5 Å². The molecule has 2 aliphatic rings. The summed E-state index contributed by atoms with van der Waals surface area (Å²) in [5.41, 5.74) is 2.48. The number of fused-ring (bicyclic) bond motifs is 1. The number of sulfonamides is 1. The molecule has 0 bridgehead atoms. The van der Waals surface area contributed by atoms with Gasteiger partial charge in [0.2, 0.25) is 15.9 Å². The van der Waals surface area contributed by atoms with E-state index in [9.17, 15) is 13.2 Å². The van der Waals surface area contributed by atoms with Crippen LogP contribution >= 0.6 is 0 Å². The minimum Gasteiger partial charge on any atom is -0.355 e. The molecule has 0 atom stereocenters. The van der Waals surface area contributed by atoms with Crippen LogP contribution in [0.25, 0.3) is 0 Å². The molecule has 0 radical (unpaired) electrons. The largest absolute Gasteiger partial charge is 0.355 e. The Morgan fingerprint density at radius 1 is 1.04 bits per heavy atom. The number of hydrogen-bond acceptors (Lipinski definition) is 4. The Bertz CT molecular complexity index is 771. The first-order valence-corrected chi connectivity index (χ1v) is 12.1. The molecule has 7 heteroatoms. The maximum absolute atomic E-state index is 13.0. The fourth-order valence-corrected chi connectivity index (χ4v) is 5.48. The highest BCUT2D eigenvalue weighted by Gasteiger charge is 2.29. The molecule has 0 unspecified atom stereocenters. The van der Waals surface area contributed by atoms with Crippen molar-refractivity contribution in [2.45, 2.75) is 56.8 Å². The van der Waals surface area contributed by atoms with E-state index in [-0.39, 0.29) is 5.91 Å². The lowest BCUT2D eigenvalue weighted by Gasteiger charge is -2.33. The van der Waals surface area contributed by atoms with Gasteiger partial charge in [-0.1, -0.05) is 25.8 Å². The number of hydrogen-bond donors (Lipinski definition) is 1. The third kappa shape index (κ3) is 5.33. The van der Waals surface area contributed by atoms with Crippen LogP contribution in [0, 0.1) is 0 Å². The van der Waals surface area contributed by atoms with Crippen LogP contribution in [0.3, 0.4) is 0 Å². The standard InChI is InChI=1S/C21H33N3O3S/c1-2-3-6-11-22-21(25)17-23-12-14-24(15-13-23)28(26,27)20-10-9-18-7-4-5-8-19(18)16-20/h9-10,16H,2-8,11-15,17H2,1H3,(H,22,25). The minimum absolute atomic E-state index is 0.0297. The Kier molecular flexibility index (Phi) is 7.48. The molecule has 1 amide bonds. The lowest BCUT2D eigenvalue weighted by atomic mass is 9.92. The second-order valence-corrected chi connectivity index (χ2v) is 9.81. The topological polar surface area (TPSA) is 69.7 Å². The monoisotopic (exact) mass is 407 g/mol. The van der Waals surface area contributed by atoms with Gasteiger partial charge in [-0.2, -0.15) is 4.31 Å². The Hall–Kier alpha value is -1.44. The fourth-order valence-electron chi connectivity index (χ4n) is 4.01. The zero-order valence-electron chi connectivity index (χ0n) is 17.0. The summed E-state index contributed by atoms with van der Waals surface area (Å²) in [6.07, 6.45) is 7.61. The van der Waals surface area contributed by atoms with Crippen LogP contribution in [-0.2, 0) is 27.7 Å². The molecular weight excluding hydrogens is 374 g/mol. The van der Waals surface area contributed by atoms with E-state index < -0.39 is 10.0 Å². The summed E-state index contributed by atoms with van der Waals surface area (Å²) in [7, 11) is -3.46. The van der Waals surface area contributed by atoms with Crippen molar-refractivity contribution >= 4 is 15.9 Å². The molecule has 1 fully saturated rings. The van der Waals surface area contributed by atoms with Gasteiger partial charge in [-0.3, -0.25) is 9.69 Å². The molecule has 1 aromatic carbocycles. The second kappa shape index (κ2) is 9.85. The number of nitrogens with one attached hydrogen (secondary N) is 1. The Morgan fingerprint density at radius 3 is 2.46 bits per heavy atom. The van der Waals surface area contributed by atoms with Gasteiger partial charge in [0, 0.05) is 32.7 Å². The number of carbonyl (C=O) groups is 1. The van der Waals surface area contributed by atoms with Crippen LogP contribution in [0.2, 0.25) is 0 Å². The number of amides is 1. The third-order valence-electron chi connectivity index (χ3n) is 5.76. The first-order valence-electron chi connectivity index (χ1n) is 10.6. The van der Waals surface area contributed by atoms with E-state index in [2.05, 4.69) is 12.2 Å². The molecule has 0 spiro atoms. The number of carbonyl (C=O) groups excluding carboxylic acids is 1. The van der Waals surface area contributed by atoms with E-state index in [1.807, 2.05) is 17.0 Å². The number of nitrogens with zero attached hydrogens (tertiary/aromatic N) is 2. The quantitative estimate of drug-likeness (QED) is 0.671. The summed E-state index contributed by atoms with van der Waals surface area (Å²) in [4.78, 5) is 14.5. The molecule has 1 aliphatic heterocycles. The highest BCUT2D eigenvalue weighted by Crippen LogP contribution is 2.26. The number of unbranched alkanes of at least 4 members (excludes halogenated alkanes) is 2. The van der Waals surface area contributed by atoms with Gasteiger partial charge in [0.1, 0.15) is 0 Å². The Morgan fingerprint density at radius 2 is 1.75 bits per heavy atom. The van der Waals surface area contributed by atoms with Gasteiger partial charge in [-0.15, -0.1) is 0 Å². The predicted molar refractivity (Wildman–Crippen MR) is 111 cm³/mol. The fraction of sp³-hybridized carbons (Fsp3) is 0.667. The summed E-state index contributed by atoms with van der Waals surface area (Å²) in [6.45, 7) is 5.25. The summed E-state index contributed by atoms with van der Waals surface area (Å²) < 4.78 is 27.6. The lowest BCUT2D eigenvalue weighted by molar-refractivity contribution is -0.122.